The molecule has 86 valence electrons. The molecule has 1 N–H and O–H groups in total. The Morgan fingerprint density at radius 3 is 2.81 bits per heavy atom. The number of hydroxylamine groups is 2. The molecule has 1 aliphatic heterocycles. The van der Waals surface area contributed by atoms with Crippen molar-refractivity contribution in [2.45, 2.75) is 19.0 Å². The largest absolute Gasteiger partial charge is 0.301 e. The summed E-state index contributed by atoms with van der Waals surface area (Å²) in [5.41, 5.74) is 2.51. The normalized spacial score (nSPS) is 19.0. The van der Waals surface area contributed by atoms with Crippen molar-refractivity contribution in [2.75, 3.05) is 14.2 Å². The zero-order chi connectivity index (χ0) is 11.5. The van der Waals surface area contributed by atoms with E-state index in [1.54, 1.807) is 7.05 Å². The summed E-state index contributed by atoms with van der Waals surface area (Å²) in [6, 6.07) is 8.00. The third-order valence-corrected chi connectivity index (χ3v) is 2.96. The van der Waals surface area contributed by atoms with Crippen LogP contribution in [0.15, 0.2) is 24.3 Å². The van der Waals surface area contributed by atoms with E-state index in [-0.39, 0.29) is 11.9 Å². The number of benzene rings is 1. The van der Waals surface area contributed by atoms with Gasteiger partial charge in [0.15, 0.2) is 0 Å². The summed E-state index contributed by atoms with van der Waals surface area (Å²) in [5, 5.41) is 4.49. The quantitative estimate of drug-likeness (QED) is 0.747. The van der Waals surface area contributed by atoms with Crippen molar-refractivity contribution in [3.05, 3.63) is 35.4 Å². The first kappa shape index (κ1) is 11.1. The number of hydrogen-bond acceptors (Lipinski definition) is 3. The lowest BCUT2D eigenvalue weighted by atomic mass is 9.95. The number of amides is 1. The molecule has 0 aromatic heterocycles. The van der Waals surface area contributed by atoms with Crippen LogP contribution in [0.25, 0.3) is 0 Å². The number of rotatable bonds is 2. The van der Waals surface area contributed by atoms with Gasteiger partial charge < -0.3 is 5.32 Å². The lowest BCUT2D eigenvalue weighted by molar-refractivity contribution is -0.171. The van der Waals surface area contributed by atoms with Crippen LogP contribution in [-0.2, 0) is 22.6 Å². The molecule has 0 unspecified atom stereocenters. The van der Waals surface area contributed by atoms with Crippen molar-refractivity contribution in [1.29, 1.82) is 0 Å². The van der Waals surface area contributed by atoms with E-state index >= 15 is 0 Å². The highest BCUT2D eigenvalue weighted by molar-refractivity contribution is 5.81. The molecule has 1 amide bonds. The van der Waals surface area contributed by atoms with Gasteiger partial charge in [0.05, 0.1) is 13.2 Å². The van der Waals surface area contributed by atoms with Crippen molar-refractivity contribution in [1.82, 2.24) is 10.4 Å². The zero-order valence-corrected chi connectivity index (χ0v) is 9.56. The summed E-state index contributed by atoms with van der Waals surface area (Å²) in [6.07, 6.45) is 0.725. The van der Waals surface area contributed by atoms with Crippen LogP contribution in [0.2, 0.25) is 0 Å². The molecular weight excluding hydrogens is 204 g/mol. The zero-order valence-electron chi connectivity index (χ0n) is 9.56. The molecule has 0 fully saturated rings. The second-order valence-corrected chi connectivity index (χ2v) is 3.92. The molecule has 4 nitrogen and oxygen atoms in total. The molecule has 0 bridgehead atoms. The van der Waals surface area contributed by atoms with Crippen molar-refractivity contribution < 1.29 is 9.63 Å². The lowest BCUT2D eigenvalue weighted by Crippen LogP contribution is -2.47. The first-order valence-electron chi connectivity index (χ1n) is 5.34. The monoisotopic (exact) mass is 220 g/mol. The minimum Gasteiger partial charge on any atom is -0.301 e. The lowest BCUT2D eigenvalue weighted by Gasteiger charge is -2.27. The highest BCUT2D eigenvalue weighted by Crippen LogP contribution is 2.17. The molecule has 16 heavy (non-hydrogen) atoms. The van der Waals surface area contributed by atoms with Crippen LogP contribution >= 0.6 is 0 Å². The number of nitrogens with zero attached hydrogens (tertiary/aromatic N) is 1. The second kappa shape index (κ2) is 4.63. The first-order chi connectivity index (χ1) is 7.72. The van der Waals surface area contributed by atoms with Gasteiger partial charge in [-0.25, -0.2) is 5.06 Å². The van der Waals surface area contributed by atoms with E-state index in [2.05, 4.69) is 17.4 Å². The highest BCUT2D eigenvalue weighted by atomic mass is 16.7. The number of nitrogens with one attached hydrogen (secondary N) is 1. The molecule has 1 aliphatic rings. The maximum absolute atomic E-state index is 11.9. The smallest absolute Gasteiger partial charge is 0.263 e. The van der Waals surface area contributed by atoms with Gasteiger partial charge in [0.25, 0.3) is 5.91 Å². The van der Waals surface area contributed by atoms with Gasteiger partial charge in [-0.3, -0.25) is 9.63 Å². The number of likely N-dealkylation sites (N-methyl/N-ethyl adjacent to an activating group) is 1. The first-order valence-corrected chi connectivity index (χ1v) is 5.34. The molecule has 1 heterocycles. The van der Waals surface area contributed by atoms with Crippen LogP contribution in [0.1, 0.15) is 11.1 Å². The van der Waals surface area contributed by atoms with Crippen LogP contribution in [0.4, 0.5) is 0 Å². The highest BCUT2D eigenvalue weighted by Gasteiger charge is 2.26. The Morgan fingerprint density at radius 1 is 1.44 bits per heavy atom. The molecule has 0 aliphatic carbocycles. The fraction of sp³-hybridized carbons (Fsp3) is 0.417. The molecule has 0 radical (unpaired) electrons. The minimum atomic E-state index is -0.181. The summed E-state index contributed by atoms with van der Waals surface area (Å²) >= 11 is 0. The molecule has 0 spiro atoms. The maximum Gasteiger partial charge on any atom is 0.263 e. The van der Waals surface area contributed by atoms with Crippen molar-refractivity contribution >= 4 is 5.91 Å². The number of carbonyl (C=O) groups is 1. The number of carbonyl (C=O) groups excluding carboxylic acids is 1. The van der Waals surface area contributed by atoms with Gasteiger partial charge in [0.1, 0.15) is 0 Å². The minimum absolute atomic E-state index is 0.0306. The Labute approximate surface area is 95.2 Å². The van der Waals surface area contributed by atoms with Crippen molar-refractivity contribution in [2.24, 2.45) is 0 Å². The number of hydrogen-bond donors (Lipinski definition) is 1. The van der Waals surface area contributed by atoms with Crippen LogP contribution in [0, 0.1) is 0 Å². The van der Waals surface area contributed by atoms with E-state index in [0.717, 1.165) is 13.0 Å². The van der Waals surface area contributed by atoms with Crippen LogP contribution in [0.5, 0.6) is 0 Å². The molecule has 1 aromatic carbocycles. The second-order valence-electron chi connectivity index (χ2n) is 3.92. The molecule has 0 saturated heterocycles. The van der Waals surface area contributed by atoms with Gasteiger partial charge in [-0.1, -0.05) is 24.3 Å². The van der Waals surface area contributed by atoms with Gasteiger partial charge in [0.2, 0.25) is 0 Å². The van der Waals surface area contributed by atoms with Crippen molar-refractivity contribution in [3.8, 4) is 0 Å². The Morgan fingerprint density at radius 2 is 2.12 bits per heavy atom. The summed E-state index contributed by atoms with van der Waals surface area (Å²) in [5.74, 6) is -0.0306. The Kier molecular flexibility index (Phi) is 3.22. The summed E-state index contributed by atoms with van der Waals surface area (Å²) in [4.78, 5) is 16.8. The fourth-order valence-electron chi connectivity index (χ4n) is 1.94. The summed E-state index contributed by atoms with van der Waals surface area (Å²) in [6.45, 7) is 0.740. The SMILES string of the molecule is CON(C)C(=O)[C@@H]1Cc2ccccc2CN1. The summed E-state index contributed by atoms with van der Waals surface area (Å²) < 4.78 is 0. The van der Waals surface area contributed by atoms with E-state index in [1.165, 1.54) is 23.3 Å². The Balaban J connectivity index is 2.11. The average molecular weight is 220 g/mol. The van der Waals surface area contributed by atoms with E-state index in [1.807, 2.05) is 12.1 Å². The molecule has 0 saturated carbocycles. The predicted octanol–water partition coefficient (Wildman–Crippen LogP) is 0.721. The molecule has 1 aromatic rings. The molecule has 1 atom stereocenters. The molecule has 4 heteroatoms. The summed E-state index contributed by atoms with van der Waals surface area (Å²) in [7, 11) is 3.12. The Bertz CT molecular complexity index is 392. The van der Waals surface area contributed by atoms with E-state index in [0.29, 0.717) is 0 Å². The van der Waals surface area contributed by atoms with Crippen LogP contribution in [-0.4, -0.2) is 31.2 Å². The number of fused-ring (bicyclic) bond motifs is 1. The van der Waals surface area contributed by atoms with E-state index in [4.69, 9.17) is 4.84 Å². The van der Waals surface area contributed by atoms with Gasteiger partial charge in [-0.2, -0.15) is 0 Å². The van der Waals surface area contributed by atoms with Gasteiger partial charge in [-0.15, -0.1) is 0 Å². The maximum atomic E-state index is 11.9. The predicted molar refractivity (Wildman–Crippen MR) is 60.6 cm³/mol. The average Bonchev–Trinajstić information content (AvgIpc) is 2.36. The third kappa shape index (κ3) is 2.08. The van der Waals surface area contributed by atoms with Gasteiger partial charge >= 0.3 is 0 Å². The van der Waals surface area contributed by atoms with Gasteiger partial charge in [0, 0.05) is 13.6 Å². The van der Waals surface area contributed by atoms with Gasteiger partial charge in [-0.05, 0) is 17.5 Å². The topological polar surface area (TPSA) is 41.6 Å². The third-order valence-electron chi connectivity index (χ3n) is 2.96. The van der Waals surface area contributed by atoms with E-state index < -0.39 is 0 Å². The van der Waals surface area contributed by atoms with Crippen molar-refractivity contribution in [3.63, 3.8) is 0 Å². The Hall–Kier alpha value is -1.39. The van der Waals surface area contributed by atoms with Crippen LogP contribution < -0.4 is 5.32 Å². The fourth-order valence-corrected chi connectivity index (χ4v) is 1.94. The molecule has 2 rings (SSSR count). The van der Waals surface area contributed by atoms with Crippen LogP contribution in [0.3, 0.4) is 0 Å². The standard InChI is InChI=1S/C12H16N2O2/c1-14(16-2)12(15)11-7-9-5-3-4-6-10(9)8-13-11/h3-6,11,13H,7-8H2,1-2H3/t11-/m0/s1. The molecular formula is C12H16N2O2. The van der Waals surface area contributed by atoms with E-state index in [9.17, 15) is 4.79 Å².